The van der Waals surface area contributed by atoms with Crippen molar-refractivity contribution in [2.75, 3.05) is 26.1 Å². The molecule has 0 spiro atoms. The van der Waals surface area contributed by atoms with Crippen molar-refractivity contribution in [2.24, 2.45) is 5.92 Å². The number of methoxy groups -OCH3 is 2. The highest BCUT2D eigenvalue weighted by molar-refractivity contribution is 5.70. The molecule has 0 fully saturated rings. The summed E-state index contributed by atoms with van der Waals surface area (Å²) in [4.78, 5) is 10.7. The van der Waals surface area contributed by atoms with Crippen LogP contribution >= 0.6 is 0 Å². The van der Waals surface area contributed by atoms with Crippen molar-refractivity contribution in [3.8, 4) is 11.5 Å². The van der Waals surface area contributed by atoms with Gasteiger partial charge in [-0.15, -0.1) is 0 Å². The van der Waals surface area contributed by atoms with Crippen LogP contribution in [0.3, 0.4) is 0 Å². The fraction of sp³-hybridized carbons (Fsp3) is 0.417. The van der Waals surface area contributed by atoms with Crippen molar-refractivity contribution >= 4 is 11.7 Å². The quantitative estimate of drug-likeness (QED) is 0.792. The summed E-state index contributed by atoms with van der Waals surface area (Å²) in [6, 6.07) is 5.32. The topological polar surface area (TPSA) is 67.8 Å². The number of ether oxygens (including phenoxy) is 2. The summed E-state index contributed by atoms with van der Waals surface area (Å²) in [5.41, 5.74) is 0.722. The summed E-state index contributed by atoms with van der Waals surface area (Å²) >= 11 is 0. The van der Waals surface area contributed by atoms with E-state index in [1.165, 1.54) is 0 Å². The van der Waals surface area contributed by atoms with E-state index in [4.69, 9.17) is 14.6 Å². The lowest BCUT2D eigenvalue weighted by Gasteiger charge is -2.14. The lowest BCUT2D eigenvalue weighted by molar-refractivity contribution is -0.140. The molecule has 0 aliphatic rings. The van der Waals surface area contributed by atoms with Crippen LogP contribution in [0.2, 0.25) is 0 Å². The summed E-state index contributed by atoms with van der Waals surface area (Å²) in [5, 5.41) is 11.8. The van der Waals surface area contributed by atoms with Crippen LogP contribution in [0, 0.1) is 5.92 Å². The predicted molar refractivity (Wildman–Crippen MR) is 64.8 cm³/mol. The van der Waals surface area contributed by atoms with E-state index in [0.29, 0.717) is 18.0 Å². The molecule has 1 atom stereocenters. The second kappa shape index (κ2) is 5.98. The van der Waals surface area contributed by atoms with Gasteiger partial charge in [-0.05, 0) is 12.1 Å². The first-order valence-electron chi connectivity index (χ1n) is 5.27. The van der Waals surface area contributed by atoms with Gasteiger partial charge in [0.25, 0.3) is 0 Å². The highest BCUT2D eigenvalue weighted by Gasteiger charge is 2.12. The number of hydrogen-bond acceptors (Lipinski definition) is 4. The van der Waals surface area contributed by atoms with Gasteiger partial charge in [0.15, 0.2) is 0 Å². The van der Waals surface area contributed by atoms with Gasteiger partial charge >= 0.3 is 5.97 Å². The summed E-state index contributed by atoms with van der Waals surface area (Å²) in [7, 11) is 3.14. The Labute approximate surface area is 100 Å². The third-order valence-electron chi connectivity index (χ3n) is 2.43. The van der Waals surface area contributed by atoms with E-state index in [9.17, 15) is 4.79 Å². The van der Waals surface area contributed by atoms with E-state index in [2.05, 4.69) is 5.32 Å². The zero-order chi connectivity index (χ0) is 12.8. The van der Waals surface area contributed by atoms with Crippen LogP contribution in [-0.4, -0.2) is 31.8 Å². The Morgan fingerprint density at radius 1 is 1.41 bits per heavy atom. The van der Waals surface area contributed by atoms with Gasteiger partial charge in [0.2, 0.25) is 0 Å². The van der Waals surface area contributed by atoms with Crippen LogP contribution in [0.4, 0.5) is 5.69 Å². The van der Waals surface area contributed by atoms with Crippen LogP contribution in [0.1, 0.15) is 6.92 Å². The second-order valence-electron chi connectivity index (χ2n) is 3.69. The normalized spacial score (nSPS) is 11.7. The number of carboxylic acid groups (broad SMARTS) is 1. The first-order valence-corrected chi connectivity index (χ1v) is 5.27. The molecule has 1 unspecified atom stereocenters. The smallest absolute Gasteiger partial charge is 0.308 e. The summed E-state index contributed by atoms with van der Waals surface area (Å²) in [6.45, 7) is 1.97. The molecule has 0 aliphatic carbocycles. The Morgan fingerprint density at radius 3 is 2.65 bits per heavy atom. The summed E-state index contributed by atoms with van der Waals surface area (Å²) < 4.78 is 10.3. The molecular formula is C12H17NO4. The van der Waals surface area contributed by atoms with E-state index in [1.807, 2.05) is 0 Å². The predicted octanol–water partition coefficient (Wildman–Crippen LogP) is 1.84. The maximum Gasteiger partial charge on any atom is 0.308 e. The molecular weight excluding hydrogens is 222 g/mol. The average Bonchev–Trinajstić information content (AvgIpc) is 2.35. The van der Waals surface area contributed by atoms with Gasteiger partial charge in [0.1, 0.15) is 11.5 Å². The summed E-state index contributed by atoms with van der Waals surface area (Å²) in [6.07, 6.45) is 0. The Morgan fingerprint density at radius 2 is 2.12 bits per heavy atom. The van der Waals surface area contributed by atoms with Gasteiger partial charge in [0.05, 0.1) is 25.8 Å². The third-order valence-corrected chi connectivity index (χ3v) is 2.43. The van der Waals surface area contributed by atoms with E-state index >= 15 is 0 Å². The Balaban J connectivity index is 2.77. The molecule has 0 amide bonds. The fourth-order valence-corrected chi connectivity index (χ4v) is 1.30. The minimum atomic E-state index is -0.834. The lowest BCUT2D eigenvalue weighted by atomic mass is 10.2. The molecule has 1 rings (SSSR count). The highest BCUT2D eigenvalue weighted by Crippen LogP contribution is 2.28. The Hall–Kier alpha value is -1.91. The number of nitrogens with one attached hydrogen (secondary N) is 1. The van der Waals surface area contributed by atoms with Crippen molar-refractivity contribution in [3.63, 3.8) is 0 Å². The van der Waals surface area contributed by atoms with Gasteiger partial charge in [-0.3, -0.25) is 4.79 Å². The van der Waals surface area contributed by atoms with Crippen molar-refractivity contribution in [2.45, 2.75) is 6.92 Å². The molecule has 0 aliphatic heterocycles. The molecule has 0 heterocycles. The van der Waals surface area contributed by atoms with E-state index < -0.39 is 11.9 Å². The van der Waals surface area contributed by atoms with Crippen molar-refractivity contribution in [3.05, 3.63) is 18.2 Å². The number of aliphatic carboxylic acids is 1. The standard InChI is InChI=1S/C12H17NO4/c1-8(12(14)15)7-13-10-6-9(16-2)4-5-11(10)17-3/h4-6,8,13H,7H2,1-3H3,(H,14,15). The van der Waals surface area contributed by atoms with Crippen LogP contribution in [-0.2, 0) is 4.79 Å². The molecule has 0 bridgehead atoms. The monoisotopic (exact) mass is 239 g/mol. The average molecular weight is 239 g/mol. The second-order valence-corrected chi connectivity index (χ2v) is 3.69. The zero-order valence-electron chi connectivity index (χ0n) is 10.2. The van der Waals surface area contributed by atoms with E-state index in [0.717, 1.165) is 5.69 Å². The SMILES string of the molecule is COc1ccc(OC)c(NCC(C)C(=O)O)c1. The van der Waals surface area contributed by atoms with Crippen molar-refractivity contribution in [1.82, 2.24) is 0 Å². The van der Waals surface area contributed by atoms with Gasteiger partial charge in [-0.2, -0.15) is 0 Å². The van der Waals surface area contributed by atoms with Gasteiger partial charge < -0.3 is 19.9 Å². The molecule has 17 heavy (non-hydrogen) atoms. The fourth-order valence-electron chi connectivity index (χ4n) is 1.30. The molecule has 0 saturated heterocycles. The van der Waals surface area contributed by atoms with Crippen LogP contribution in [0.15, 0.2) is 18.2 Å². The first-order chi connectivity index (χ1) is 8.08. The number of rotatable bonds is 6. The maximum atomic E-state index is 10.7. The van der Waals surface area contributed by atoms with Gasteiger partial charge in [0, 0.05) is 12.6 Å². The third kappa shape index (κ3) is 3.55. The van der Waals surface area contributed by atoms with Gasteiger partial charge in [-0.1, -0.05) is 6.92 Å². The Bertz CT molecular complexity index is 392. The Kier molecular flexibility index (Phi) is 4.63. The molecule has 94 valence electrons. The molecule has 1 aromatic rings. The molecule has 0 saturated carbocycles. The number of carbonyl (C=O) groups is 1. The minimum Gasteiger partial charge on any atom is -0.497 e. The van der Waals surface area contributed by atoms with Crippen LogP contribution < -0.4 is 14.8 Å². The molecule has 2 N–H and O–H groups in total. The zero-order valence-corrected chi connectivity index (χ0v) is 10.2. The molecule has 5 nitrogen and oxygen atoms in total. The van der Waals surface area contributed by atoms with Crippen molar-refractivity contribution in [1.29, 1.82) is 0 Å². The molecule has 0 aromatic heterocycles. The summed E-state index contributed by atoms with van der Waals surface area (Å²) in [5.74, 6) is 0.0462. The largest absolute Gasteiger partial charge is 0.497 e. The van der Waals surface area contributed by atoms with Crippen LogP contribution in [0.5, 0.6) is 11.5 Å². The van der Waals surface area contributed by atoms with Crippen molar-refractivity contribution < 1.29 is 19.4 Å². The first kappa shape index (κ1) is 13.2. The molecule has 0 radical (unpaired) electrons. The number of carboxylic acids is 1. The highest BCUT2D eigenvalue weighted by atomic mass is 16.5. The van der Waals surface area contributed by atoms with E-state index in [1.54, 1.807) is 39.3 Å². The number of anilines is 1. The minimum absolute atomic E-state index is 0.332. The number of benzene rings is 1. The lowest BCUT2D eigenvalue weighted by Crippen LogP contribution is -2.19. The van der Waals surface area contributed by atoms with Gasteiger partial charge in [-0.25, -0.2) is 0 Å². The maximum absolute atomic E-state index is 10.7. The number of hydrogen-bond donors (Lipinski definition) is 2. The molecule has 5 heteroatoms. The van der Waals surface area contributed by atoms with E-state index in [-0.39, 0.29) is 0 Å². The van der Waals surface area contributed by atoms with Crippen LogP contribution in [0.25, 0.3) is 0 Å². The molecule has 1 aromatic carbocycles.